The molecular weight excluding hydrogens is 697 g/mol. The molecule has 14 nitrogen and oxygen atoms in total. The Labute approximate surface area is 307 Å². The lowest BCUT2D eigenvalue weighted by atomic mass is 10.2. The summed E-state index contributed by atoms with van der Waals surface area (Å²) < 4.78 is 20.2. The minimum atomic E-state index is 0.510. The average molecular weight is 729 g/mol. The summed E-state index contributed by atoms with van der Waals surface area (Å²) in [6, 6.07) is 27.1. The van der Waals surface area contributed by atoms with Crippen molar-refractivity contribution < 1.29 is 9.47 Å². The fraction of sp³-hybridized carbons (Fsp3) is 0.167. The number of benzene rings is 3. The molecule has 3 aromatic carbocycles. The number of para-hydroxylation sites is 2. The first-order valence-corrected chi connectivity index (χ1v) is 18.3. The van der Waals surface area contributed by atoms with Gasteiger partial charge in [-0.05, 0) is 76.2 Å². The zero-order valence-corrected chi connectivity index (χ0v) is 30.3. The van der Waals surface area contributed by atoms with Gasteiger partial charge < -0.3 is 9.47 Å². The summed E-state index contributed by atoms with van der Waals surface area (Å²) in [5.41, 5.74) is 4.61. The summed E-state index contributed by atoms with van der Waals surface area (Å²) in [5.74, 6) is 4.92. The van der Waals surface area contributed by atoms with Crippen molar-refractivity contribution in [2.75, 3.05) is 11.5 Å². The van der Waals surface area contributed by atoms with E-state index in [4.69, 9.17) is 29.9 Å². The number of rotatable bonds is 2. The lowest BCUT2D eigenvalue weighted by molar-refractivity contribution is 0.432. The molecule has 0 amide bonds. The third-order valence-electron chi connectivity index (χ3n) is 8.07. The van der Waals surface area contributed by atoms with Gasteiger partial charge in [-0.25, -0.2) is 0 Å². The van der Waals surface area contributed by atoms with Crippen LogP contribution in [0.4, 0.5) is 0 Å². The van der Waals surface area contributed by atoms with Crippen molar-refractivity contribution in [3.05, 3.63) is 119 Å². The topological polar surface area (TPSA) is 140 Å². The smallest absolute Gasteiger partial charge is 0.231 e. The average Bonchev–Trinajstić information content (AvgIpc) is 3.89. The van der Waals surface area contributed by atoms with Crippen LogP contribution in [0.2, 0.25) is 0 Å². The molecule has 0 atom stereocenters. The summed E-state index contributed by atoms with van der Waals surface area (Å²) in [4.78, 5) is 0. The maximum Gasteiger partial charge on any atom is 0.231 e. The third kappa shape index (κ3) is 6.60. The standard InChI is InChI=1S/C36H32N12O2S2/c1-23-31-21-37-45-25(3)39-41-35(45)51-19-20-52-36-42-40-26(4)46(36)38-22-32-24(2)44-48(28-13-9-6-10-14-28)34(32)50-30-17-15-29(16-18-30)49-33(31)47(43-23)27-11-7-5-8-12-27/h5-18,21-22H,19-20H2,1-4H3/b37-21+,38-22+. The van der Waals surface area contributed by atoms with Crippen LogP contribution in [0.15, 0.2) is 105 Å². The van der Waals surface area contributed by atoms with Crippen LogP contribution < -0.4 is 9.47 Å². The molecule has 9 rings (SSSR count). The lowest BCUT2D eigenvalue weighted by Crippen LogP contribution is -2.02. The van der Waals surface area contributed by atoms with Crippen LogP contribution in [0.25, 0.3) is 11.4 Å². The normalized spacial score (nSPS) is 14.5. The van der Waals surface area contributed by atoms with Crippen molar-refractivity contribution in [1.29, 1.82) is 0 Å². The molecule has 6 heterocycles. The van der Waals surface area contributed by atoms with E-state index in [1.165, 1.54) is 0 Å². The van der Waals surface area contributed by atoms with Crippen molar-refractivity contribution in [2.24, 2.45) is 10.2 Å². The highest BCUT2D eigenvalue weighted by atomic mass is 32.2. The van der Waals surface area contributed by atoms with Crippen LogP contribution in [0, 0.1) is 27.7 Å². The molecule has 0 saturated carbocycles. The monoisotopic (exact) mass is 728 g/mol. The maximum absolute atomic E-state index is 6.59. The second kappa shape index (κ2) is 14.3. The Bertz CT molecular complexity index is 2240. The van der Waals surface area contributed by atoms with Crippen molar-refractivity contribution in [3.8, 4) is 34.6 Å². The van der Waals surface area contributed by atoms with E-state index in [-0.39, 0.29) is 0 Å². The van der Waals surface area contributed by atoms with E-state index < -0.39 is 0 Å². The van der Waals surface area contributed by atoms with Gasteiger partial charge in [0.15, 0.2) is 11.6 Å². The summed E-state index contributed by atoms with van der Waals surface area (Å²) in [7, 11) is 0. The molecule has 52 heavy (non-hydrogen) atoms. The van der Waals surface area contributed by atoms with Gasteiger partial charge in [0.2, 0.25) is 22.1 Å². The molecule has 4 aromatic heterocycles. The van der Waals surface area contributed by atoms with Crippen LogP contribution in [0.1, 0.15) is 34.2 Å². The van der Waals surface area contributed by atoms with Crippen LogP contribution in [-0.2, 0) is 0 Å². The first-order valence-electron chi connectivity index (χ1n) is 16.4. The summed E-state index contributed by atoms with van der Waals surface area (Å²) in [6.07, 6.45) is 3.49. The number of ether oxygens (including phenoxy) is 2. The SMILES string of the molecule is Cc1nn(-c2ccccc2)c2c1/C=N/n1c(C)nnc1SCCSc1nnc(C)n1/N=C/c1c(C)nn(-c3ccccc3)c1Oc1ccc(cc1)O2. The molecule has 2 aliphatic rings. The van der Waals surface area contributed by atoms with E-state index in [0.29, 0.717) is 67.9 Å². The Morgan fingerprint density at radius 1 is 0.519 bits per heavy atom. The number of fused-ring (bicyclic) bond motifs is 5. The van der Waals surface area contributed by atoms with Gasteiger partial charge in [-0.3, -0.25) is 0 Å². The van der Waals surface area contributed by atoms with Gasteiger partial charge in [-0.1, -0.05) is 59.9 Å². The van der Waals surface area contributed by atoms with E-state index >= 15 is 0 Å². The molecule has 16 heteroatoms. The number of thioether (sulfide) groups is 2. The fourth-order valence-corrected chi connectivity index (χ4v) is 7.27. The molecule has 0 radical (unpaired) electrons. The molecule has 0 fully saturated rings. The maximum atomic E-state index is 6.59. The van der Waals surface area contributed by atoms with Gasteiger partial charge in [0.1, 0.15) is 11.5 Å². The quantitative estimate of drug-likeness (QED) is 0.182. The van der Waals surface area contributed by atoms with Crippen molar-refractivity contribution in [1.82, 2.24) is 49.3 Å². The second-order valence-electron chi connectivity index (χ2n) is 11.6. The molecule has 0 unspecified atom stereocenters. The first-order chi connectivity index (χ1) is 25.4. The Kier molecular flexibility index (Phi) is 9.13. The number of aryl methyl sites for hydroxylation is 4. The number of nitrogens with zero attached hydrogens (tertiary/aromatic N) is 12. The largest absolute Gasteiger partial charge is 0.438 e. The van der Waals surface area contributed by atoms with Crippen molar-refractivity contribution in [2.45, 2.75) is 38.0 Å². The minimum absolute atomic E-state index is 0.510. The first kappa shape index (κ1) is 33.2. The zero-order valence-electron chi connectivity index (χ0n) is 28.7. The van der Waals surface area contributed by atoms with Crippen LogP contribution >= 0.6 is 23.5 Å². The highest BCUT2D eigenvalue weighted by molar-refractivity contribution is 8.02. The molecule has 0 aliphatic carbocycles. The number of hydrogen-bond donors (Lipinski definition) is 0. The predicted molar refractivity (Wildman–Crippen MR) is 200 cm³/mol. The molecule has 0 spiro atoms. The minimum Gasteiger partial charge on any atom is -0.438 e. The zero-order chi connectivity index (χ0) is 35.6. The van der Waals surface area contributed by atoms with Gasteiger partial charge >= 0.3 is 0 Å². The van der Waals surface area contributed by atoms with Crippen molar-refractivity contribution >= 4 is 36.0 Å². The van der Waals surface area contributed by atoms with E-state index in [1.807, 2.05) is 113 Å². The van der Waals surface area contributed by atoms with Gasteiger partial charge in [0.25, 0.3) is 0 Å². The number of hydrogen-bond acceptors (Lipinski definition) is 12. The van der Waals surface area contributed by atoms with Crippen molar-refractivity contribution in [3.63, 3.8) is 0 Å². The van der Waals surface area contributed by atoms with E-state index in [1.54, 1.807) is 54.7 Å². The molecule has 2 bridgehead atoms. The molecule has 0 saturated heterocycles. The molecule has 260 valence electrons. The second-order valence-corrected chi connectivity index (χ2v) is 13.8. The van der Waals surface area contributed by atoms with Gasteiger partial charge in [0.05, 0.1) is 46.3 Å². The highest BCUT2D eigenvalue weighted by Crippen LogP contribution is 2.34. The summed E-state index contributed by atoms with van der Waals surface area (Å²) in [5, 5.41) is 38.0. The Morgan fingerprint density at radius 3 is 1.33 bits per heavy atom. The van der Waals surface area contributed by atoms with Crippen LogP contribution in [0.3, 0.4) is 0 Å². The van der Waals surface area contributed by atoms with E-state index in [9.17, 15) is 0 Å². The predicted octanol–water partition coefficient (Wildman–Crippen LogP) is 7.02. The molecule has 7 aromatic rings. The molecular formula is C36H32N12O2S2. The Balaban J connectivity index is 1.24. The van der Waals surface area contributed by atoms with Gasteiger partial charge in [-0.2, -0.15) is 39.1 Å². The third-order valence-corrected chi connectivity index (χ3v) is 10.2. The highest BCUT2D eigenvalue weighted by Gasteiger charge is 2.21. The van der Waals surface area contributed by atoms with E-state index in [2.05, 4.69) is 20.4 Å². The summed E-state index contributed by atoms with van der Waals surface area (Å²) >= 11 is 3.10. The molecule has 0 N–H and O–H groups in total. The fourth-order valence-electron chi connectivity index (χ4n) is 5.44. The van der Waals surface area contributed by atoms with Crippen LogP contribution in [-0.4, -0.2) is 73.2 Å². The molecule has 2 aliphatic heterocycles. The Hall–Kier alpha value is -6.00. The number of aromatic nitrogens is 10. The van der Waals surface area contributed by atoms with E-state index in [0.717, 1.165) is 22.8 Å². The van der Waals surface area contributed by atoms with Crippen LogP contribution in [0.5, 0.6) is 23.3 Å². The lowest BCUT2D eigenvalue weighted by Gasteiger charge is -2.12. The van der Waals surface area contributed by atoms with Gasteiger partial charge in [-0.15, -0.1) is 20.4 Å². The van der Waals surface area contributed by atoms with Gasteiger partial charge in [0, 0.05) is 11.5 Å². The summed E-state index contributed by atoms with van der Waals surface area (Å²) in [6.45, 7) is 7.60. The Morgan fingerprint density at radius 2 is 0.923 bits per heavy atom.